The molecule has 1 saturated heterocycles. The Morgan fingerprint density at radius 2 is 1.71 bits per heavy atom. The Kier molecular flexibility index (Phi) is 12.8. The summed E-state index contributed by atoms with van der Waals surface area (Å²) in [5, 5.41) is 16.1. The number of aliphatic hydroxyl groups is 1. The zero-order valence-electron chi connectivity index (χ0n) is 30.2. The lowest BCUT2D eigenvalue weighted by molar-refractivity contribution is -0.128. The molecule has 0 aliphatic carbocycles. The van der Waals surface area contributed by atoms with Gasteiger partial charge in [0.05, 0.1) is 45.5 Å². The van der Waals surface area contributed by atoms with E-state index in [1.807, 2.05) is 94.4 Å². The predicted octanol–water partition coefficient (Wildman–Crippen LogP) is 5.56. The molecule has 3 amide bonds. The van der Waals surface area contributed by atoms with E-state index < -0.39 is 34.1 Å². The van der Waals surface area contributed by atoms with E-state index in [-0.39, 0.29) is 53.0 Å². The highest BCUT2D eigenvalue weighted by atomic mass is 35.5. The summed E-state index contributed by atoms with van der Waals surface area (Å²) >= 11 is 6.08. The van der Waals surface area contributed by atoms with Crippen LogP contribution in [-0.2, 0) is 27.8 Å². The van der Waals surface area contributed by atoms with Crippen molar-refractivity contribution in [3.63, 3.8) is 0 Å². The van der Waals surface area contributed by atoms with Crippen molar-refractivity contribution in [2.24, 2.45) is 11.8 Å². The van der Waals surface area contributed by atoms with E-state index in [0.29, 0.717) is 26.1 Å². The number of sulfonamides is 1. The lowest BCUT2D eigenvalue weighted by Gasteiger charge is -2.35. The number of aliphatic hydroxyl groups excluding tert-OH is 1. The normalized spacial score (nSPS) is 16.0. The molecule has 0 saturated carbocycles. The number of pyridine rings is 1. The monoisotopic (exact) mass is 748 g/mol. The Balaban J connectivity index is 1.38. The van der Waals surface area contributed by atoms with Gasteiger partial charge in [-0.05, 0) is 54.2 Å². The molecule has 0 bridgehead atoms. The van der Waals surface area contributed by atoms with Gasteiger partial charge in [-0.1, -0.05) is 100 Å². The Bertz CT molecular complexity index is 1960. The molecule has 13 heteroatoms. The van der Waals surface area contributed by atoms with Gasteiger partial charge in [0.25, 0.3) is 0 Å². The first-order chi connectivity index (χ1) is 24.8. The Morgan fingerprint density at radius 1 is 1.00 bits per heavy atom. The molecule has 3 aromatic carbocycles. The predicted molar refractivity (Wildman–Crippen MR) is 205 cm³/mol. The molecule has 2 heterocycles. The third-order valence-electron chi connectivity index (χ3n) is 9.58. The zero-order chi connectivity index (χ0) is 37.6. The fraction of sp³-hybridized carbons (Fsp3) is 0.410. The minimum Gasteiger partial charge on any atom is -0.397 e. The van der Waals surface area contributed by atoms with Crippen LogP contribution in [0.3, 0.4) is 0 Å². The highest BCUT2D eigenvalue weighted by molar-refractivity contribution is 7.89. The summed E-state index contributed by atoms with van der Waals surface area (Å²) in [6, 6.07) is 23.3. The second kappa shape index (κ2) is 17.1. The summed E-state index contributed by atoms with van der Waals surface area (Å²) in [6.07, 6.45) is -0.437. The van der Waals surface area contributed by atoms with E-state index >= 15 is 0 Å². The Morgan fingerprint density at radius 3 is 2.40 bits per heavy atom. The van der Waals surface area contributed by atoms with E-state index in [1.165, 1.54) is 22.5 Å². The van der Waals surface area contributed by atoms with Gasteiger partial charge in [-0.3, -0.25) is 9.78 Å². The second-order valence-corrected chi connectivity index (χ2v) is 16.3. The summed E-state index contributed by atoms with van der Waals surface area (Å²) < 4.78 is 29.1. The van der Waals surface area contributed by atoms with Crippen molar-refractivity contribution >= 4 is 50.2 Å². The first kappa shape index (κ1) is 39.0. The number of para-hydroxylation sites is 1. The average molecular weight is 749 g/mol. The highest BCUT2D eigenvalue weighted by Gasteiger charge is 2.41. The van der Waals surface area contributed by atoms with Crippen LogP contribution in [0.5, 0.6) is 0 Å². The van der Waals surface area contributed by atoms with Crippen LogP contribution in [0.25, 0.3) is 10.9 Å². The number of nitrogens with one attached hydrogen (secondary N) is 1. The first-order valence-electron chi connectivity index (χ1n) is 17.8. The van der Waals surface area contributed by atoms with Crippen molar-refractivity contribution in [2.45, 2.75) is 70.2 Å². The number of anilines is 1. The van der Waals surface area contributed by atoms with Crippen molar-refractivity contribution in [2.75, 3.05) is 31.9 Å². The number of amides is 3. The van der Waals surface area contributed by atoms with Gasteiger partial charge >= 0.3 is 6.03 Å². The van der Waals surface area contributed by atoms with Crippen molar-refractivity contribution in [3.8, 4) is 0 Å². The maximum Gasteiger partial charge on any atom is 0.321 e. The topological polar surface area (TPSA) is 149 Å². The molecule has 5 rings (SSSR count). The molecule has 1 aliphatic heterocycles. The van der Waals surface area contributed by atoms with Gasteiger partial charge in [0.15, 0.2) is 0 Å². The molecule has 0 unspecified atom stereocenters. The second-order valence-electron chi connectivity index (χ2n) is 14.0. The van der Waals surface area contributed by atoms with Crippen molar-refractivity contribution in [3.05, 3.63) is 101 Å². The van der Waals surface area contributed by atoms with E-state index in [2.05, 4.69) is 5.32 Å². The van der Waals surface area contributed by atoms with Gasteiger partial charge in [-0.2, -0.15) is 4.31 Å². The SMILES string of the molecule is CC[C@H](C)[C@@H](C(=O)N[C@@H](Cc1ccccc1)[C@@H](O)CN(CC(C)C)S(=O)(=O)c1ccc(Cl)c(N)c1)N1CCN(Cc2ccc3ccccc3n2)C1=O. The third-order valence-corrected chi connectivity index (χ3v) is 11.8. The van der Waals surface area contributed by atoms with Crippen LogP contribution >= 0.6 is 11.6 Å². The molecule has 0 radical (unpaired) electrons. The fourth-order valence-corrected chi connectivity index (χ4v) is 8.37. The maximum atomic E-state index is 14.3. The summed E-state index contributed by atoms with van der Waals surface area (Å²) in [5.41, 5.74) is 8.54. The smallest absolute Gasteiger partial charge is 0.321 e. The van der Waals surface area contributed by atoms with Gasteiger partial charge < -0.3 is 26.0 Å². The summed E-state index contributed by atoms with van der Waals surface area (Å²) in [4.78, 5) is 36.2. The molecular weight excluding hydrogens is 700 g/mol. The first-order valence-corrected chi connectivity index (χ1v) is 19.6. The minimum absolute atomic E-state index is 0.0429. The van der Waals surface area contributed by atoms with Gasteiger partial charge in [-0.25, -0.2) is 13.2 Å². The number of aromatic nitrogens is 1. The molecule has 52 heavy (non-hydrogen) atoms. The van der Waals surface area contributed by atoms with Crippen LogP contribution in [-0.4, -0.2) is 88.9 Å². The molecule has 278 valence electrons. The molecule has 4 aromatic rings. The summed E-state index contributed by atoms with van der Waals surface area (Å²) in [6.45, 7) is 8.60. The number of nitrogens with zero attached hydrogens (tertiary/aromatic N) is 4. The van der Waals surface area contributed by atoms with Gasteiger partial charge in [-0.15, -0.1) is 0 Å². The quantitative estimate of drug-likeness (QED) is 0.127. The number of benzene rings is 3. The molecule has 1 aromatic heterocycles. The van der Waals surface area contributed by atoms with Crippen LogP contribution in [0, 0.1) is 11.8 Å². The molecule has 11 nitrogen and oxygen atoms in total. The average Bonchev–Trinajstić information content (AvgIpc) is 3.47. The van der Waals surface area contributed by atoms with Gasteiger partial charge in [0.2, 0.25) is 15.9 Å². The Hall–Kier alpha value is -4.23. The molecule has 4 N–H and O–H groups in total. The van der Waals surface area contributed by atoms with E-state index in [0.717, 1.165) is 22.2 Å². The molecule has 4 atom stereocenters. The number of nitrogens with two attached hydrogens (primary N) is 1. The summed E-state index contributed by atoms with van der Waals surface area (Å²) in [7, 11) is -4.11. The number of hydrogen-bond donors (Lipinski definition) is 3. The van der Waals surface area contributed by atoms with E-state index in [4.69, 9.17) is 22.3 Å². The minimum atomic E-state index is -4.11. The Labute approximate surface area is 311 Å². The fourth-order valence-electron chi connectivity index (χ4n) is 6.59. The largest absolute Gasteiger partial charge is 0.397 e. The lowest BCUT2D eigenvalue weighted by Crippen LogP contribution is -2.57. The third kappa shape index (κ3) is 9.22. The molecule has 0 spiro atoms. The number of fused-ring (bicyclic) bond motifs is 1. The number of nitrogen functional groups attached to an aromatic ring is 1. The van der Waals surface area contributed by atoms with Gasteiger partial charge in [0.1, 0.15) is 6.04 Å². The number of carbonyl (C=O) groups is 2. The van der Waals surface area contributed by atoms with Crippen molar-refractivity contribution in [1.29, 1.82) is 0 Å². The van der Waals surface area contributed by atoms with Crippen LogP contribution in [0.1, 0.15) is 45.4 Å². The maximum absolute atomic E-state index is 14.3. The van der Waals surface area contributed by atoms with Gasteiger partial charge in [0, 0.05) is 31.6 Å². The zero-order valence-corrected chi connectivity index (χ0v) is 31.7. The molecule has 1 fully saturated rings. The molecule has 1 aliphatic rings. The van der Waals surface area contributed by atoms with Crippen molar-refractivity contribution < 1.29 is 23.1 Å². The van der Waals surface area contributed by atoms with Crippen molar-refractivity contribution in [1.82, 2.24) is 24.4 Å². The number of hydrogen-bond acceptors (Lipinski definition) is 7. The lowest BCUT2D eigenvalue weighted by atomic mass is 9.95. The van der Waals surface area contributed by atoms with Crippen LogP contribution < -0.4 is 11.1 Å². The number of halogens is 1. The van der Waals surface area contributed by atoms with Crippen LogP contribution in [0.4, 0.5) is 10.5 Å². The number of urea groups is 1. The van der Waals surface area contributed by atoms with E-state index in [1.54, 1.807) is 9.80 Å². The highest BCUT2D eigenvalue weighted by Crippen LogP contribution is 2.27. The standard InChI is InChI=1S/C39H49ClN6O5S/c1-5-27(4)37(46-20-19-44(39(46)49)24-30-16-15-29-13-9-10-14-34(29)42-30)38(48)43-35(21-28-11-7-6-8-12-28)36(47)25-45(23-26(2)3)52(50,51)31-17-18-32(40)33(41)22-31/h6-18,22,26-27,35-37,47H,5,19-21,23-25,41H2,1-4H3,(H,43,48)/t27-,35-,36-,37-/m0/s1. The van der Waals surface area contributed by atoms with Crippen LogP contribution in [0.15, 0.2) is 89.8 Å². The van der Waals surface area contributed by atoms with Crippen LogP contribution in [0.2, 0.25) is 5.02 Å². The van der Waals surface area contributed by atoms with E-state index in [9.17, 15) is 23.1 Å². The summed E-state index contributed by atoms with van der Waals surface area (Å²) in [5.74, 6) is -0.681. The number of rotatable bonds is 16. The molecular formula is C39H49ClN6O5S. The number of carbonyl (C=O) groups excluding carboxylic acids is 2.